The number of benzene rings is 1. The molecule has 25 heavy (non-hydrogen) atoms. The van der Waals surface area contributed by atoms with Crippen molar-refractivity contribution in [3.05, 3.63) is 35.2 Å². The first-order valence-electron chi connectivity index (χ1n) is 8.22. The van der Waals surface area contributed by atoms with E-state index in [1.165, 1.54) is 0 Å². The molecule has 7 nitrogen and oxygen atoms in total. The Hall–Kier alpha value is -2.12. The van der Waals surface area contributed by atoms with E-state index in [9.17, 15) is 0 Å². The average molecular weight is 364 g/mol. The molecule has 1 fully saturated rings. The van der Waals surface area contributed by atoms with Crippen molar-refractivity contribution in [2.24, 2.45) is 10.9 Å². The summed E-state index contributed by atoms with van der Waals surface area (Å²) in [5.74, 6) is 2.44. The molecule has 1 N–H and O–H groups in total. The molecule has 0 saturated carbocycles. The van der Waals surface area contributed by atoms with E-state index in [1.807, 2.05) is 12.1 Å². The fourth-order valence-corrected chi connectivity index (χ4v) is 3.05. The summed E-state index contributed by atoms with van der Waals surface area (Å²) >= 11 is 5.90. The van der Waals surface area contributed by atoms with Gasteiger partial charge in [0.05, 0.1) is 13.2 Å². The molecule has 1 saturated heterocycles. The van der Waals surface area contributed by atoms with Crippen LogP contribution in [0.5, 0.6) is 0 Å². The molecule has 2 aromatic rings. The molecule has 134 valence electrons. The van der Waals surface area contributed by atoms with Gasteiger partial charge < -0.3 is 19.5 Å². The predicted molar refractivity (Wildman–Crippen MR) is 96.5 cm³/mol. The van der Waals surface area contributed by atoms with Gasteiger partial charge in [-0.25, -0.2) is 0 Å². The lowest BCUT2D eigenvalue weighted by Crippen LogP contribution is -2.39. The average Bonchev–Trinajstić information content (AvgIpc) is 3.27. The van der Waals surface area contributed by atoms with Gasteiger partial charge in [0.15, 0.2) is 5.96 Å². The van der Waals surface area contributed by atoms with Crippen molar-refractivity contribution in [2.75, 3.05) is 33.9 Å². The molecule has 1 aromatic heterocycles. The second-order valence-electron chi connectivity index (χ2n) is 5.98. The Kier molecular flexibility index (Phi) is 5.88. The van der Waals surface area contributed by atoms with E-state index in [2.05, 4.69) is 25.3 Å². The summed E-state index contributed by atoms with van der Waals surface area (Å²) in [6.07, 6.45) is 1.11. The van der Waals surface area contributed by atoms with Crippen LogP contribution >= 0.6 is 11.6 Å². The summed E-state index contributed by atoms with van der Waals surface area (Å²) < 4.78 is 10.6. The standard InChI is InChI=1S/C17H22ClN5O2/c1-19-17(23-8-7-12(10-23)11-24-2)20-9-15-21-16(22-25-15)13-3-5-14(18)6-4-13/h3-6,12H,7-11H2,1-2H3,(H,19,20). The van der Waals surface area contributed by atoms with Crippen molar-refractivity contribution in [3.63, 3.8) is 0 Å². The molecule has 1 aliphatic heterocycles. The lowest BCUT2D eigenvalue weighted by molar-refractivity contribution is 0.157. The number of hydrogen-bond acceptors (Lipinski definition) is 5. The SMILES string of the molecule is CN=C(NCc1nc(-c2ccc(Cl)cc2)no1)N1CCC(COC)C1. The summed E-state index contributed by atoms with van der Waals surface area (Å²) in [4.78, 5) is 11.0. The Morgan fingerprint density at radius 3 is 2.96 bits per heavy atom. The Bertz CT molecular complexity index is 716. The summed E-state index contributed by atoms with van der Waals surface area (Å²) in [7, 11) is 3.52. The van der Waals surface area contributed by atoms with Gasteiger partial charge in [-0.2, -0.15) is 4.98 Å². The fraction of sp³-hybridized carbons (Fsp3) is 0.471. The first kappa shape index (κ1) is 17.7. The van der Waals surface area contributed by atoms with Gasteiger partial charge in [0.25, 0.3) is 0 Å². The predicted octanol–water partition coefficient (Wildman–Crippen LogP) is 2.43. The molecule has 1 unspecified atom stereocenters. The van der Waals surface area contributed by atoms with E-state index >= 15 is 0 Å². The molecule has 1 atom stereocenters. The smallest absolute Gasteiger partial charge is 0.246 e. The quantitative estimate of drug-likeness (QED) is 0.649. The van der Waals surface area contributed by atoms with Crippen LogP contribution in [0.25, 0.3) is 11.4 Å². The molecular formula is C17H22ClN5O2. The highest BCUT2D eigenvalue weighted by molar-refractivity contribution is 6.30. The maximum absolute atomic E-state index is 5.90. The molecule has 0 bridgehead atoms. The zero-order valence-corrected chi connectivity index (χ0v) is 15.2. The van der Waals surface area contributed by atoms with E-state index in [0.29, 0.717) is 29.2 Å². The number of likely N-dealkylation sites (tertiary alicyclic amines) is 1. The summed E-state index contributed by atoms with van der Waals surface area (Å²) in [5, 5.41) is 7.97. The lowest BCUT2D eigenvalue weighted by Gasteiger charge is -2.20. The minimum Gasteiger partial charge on any atom is -0.384 e. The van der Waals surface area contributed by atoms with Gasteiger partial charge in [-0.3, -0.25) is 4.99 Å². The number of hydrogen-bond donors (Lipinski definition) is 1. The number of halogens is 1. The highest BCUT2D eigenvalue weighted by atomic mass is 35.5. The van der Waals surface area contributed by atoms with Crippen LogP contribution < -0.4 is 5.32 Å². The molecule has 3 rings (SSSR count). The van der Waals surface area contributed by atoms with Gasteiger partial charge in [-0.15, -0.1) is 0 Å². The van der Waals surface area contributed by atoms with E-state index in [0.717, 1.165) is 37.6 Å². The number of nitrogens with zero attached hydrogens (tertiary/aromatic N) is 4. The van der Waals surface area contributed by atoms with Crippen molar-refractivity contribution >= 4 is 17.6 Å². The number of rotatable bonds is 5. The number of aromatic nitrogens is 2. The molecule has 0 spiro atoms. The molecule has 2 heterocycles. The van der Waals surface area contributed by atoms with E-state index in [4.69, 9.17) is 20.9 Å². The van der Waals surface area contributed by atoms with Crippen molar-refractivity contribution < 1.29 is 9.26 Å². The van der Waals surface area contributed by atoms with Crippen LogP contribution in [0.15, 0.2) is 33.8 Å². The third kappa shape index (κ3) is 4.49. The van der Waals surface area contributed by atoms with Crippen LogP contribution in [-0.4, -0.2) is 54.9 Å². The monoisotopic (exact) mass is 363 g/mol. The van der Waals surface area contributed by atoms with Gasteiger partial charge in [0.2, 0.25) is 11.7 Å². The minimum atomic E-state index is 0.429. The van der Waals surface area contributed by atoms with E-state index < -0.39 is 0 Å². The molecule has 0 aliphatic carbocycles. The molecule has 1 aliphatic rings. The van der Waals surface area contributed by atoms with Gasteiger partial charge in [0.1, 0.15) is 0 Å². The normalized spacial score (nSPS) is 18.0. The van der Waals surface area contributed by atoms with Crippen LogP contribution in [0, 0.1) is 5.92 Å². The number of methoxy groups -OCH3 is 1. The maximum atomic E-state index is 5.90. The Morgan fingerprint density at radius 1 is 1.44 bits per heavy atom. The van der Waals surface area contributed by atoms with Crippen LogP contribution in [0.4, 0.5) is 0 Å². The van der Waals surface area contributed by atoms with Gasteiger partial charge in [-0.1, -0.05) is 16.8 Å². The Balaban J connectivity index is 1.57. The van der Waals surface area contributed by atoms with Gasteiger partial charge in [-0.05, 0) is 30.7 Å². The molecule has 8 heteroatoms. The fourth-order valence-electron chi connectivity index (χ4n) is 2.93. The van der Waals surface area contributed by atoms with Crippen LogP contribution in [0.2, 0.25) is 5.02 Å². The third-order valence-electron chi connectivity index (χ3n) is 4.17. The first-order valence-corrected chi connectivity index (χ1v) is 8.60. The molecular weight excluding hydrogens is 342 g/mol. The van der Waals surface area contributed by atoms with E-state index in [-0.39, 0.29) is 0 Å². The first-order chi connectivity index (χ1) is 12.2. The van der Waals surface area contributed by atoms with E-state index in [1.54, 1.807) is 26.3 Å². The van der Waals surface area contributed by atoms with Crippen molar-refractivity contribution in [2.45, 2.75) is 13.0 Å². The number of guanidine groups is 1. The highest BCUT2D eigenvalue weighted by Crippen LogP contribution is 2.19. The molecule has 1 aromatic carbocycles. The largest absolute Gasteiger partial charge is 0.384 e. The van der Waals surface area contributed by atoms with Crippen LogP contribution in [-0.2, 0) is 11.3 Å². The van der Waals surface area contributed by atoms with Crippen molar-refractivity contribution in [1.82, 2.24) is 20.4 Å². The number of nitrogens with one attached hydrogen (secondary N) is 1. The second-order valence-corrected chi connectivity index (χ2v) is 6.41. The highest BCUT2D eigenvalue weighted by Gasteiger charge is 2.24. The van der Waals surface area contributed by atoms with Crippen LogP contribution in [0.1, 0.15) is 12.3 Å². The summed E-state index contributed by atoms with van der Waals surface area (Å²) in [6, 6.07) is 7.33. The minimum absolute atomic E-state index is 0.429. The Labute approximate surface area is 152 Å². The maximum Gasteiger partial charge on any atom is 0.246 e. The molecule has 0 radical (unpaired) electrons. The number of aliphatic imine (C=N–C) groups is 1. The topological polar surface area (TPSA) is 75.8 Å². The molecule has 0 amide bonds. The van der Waals surface area contributed by atoms with Crippen molar-refractivity contribution in [1.29, 1.82) is 0 Å². The summed E-state index contributed by atoms with van der Waals surface area (Å²) in [5.41, 5.74) is 0.866. The zero-order valence-electron chi connectivity index (χ0n) is 14.4. The number of ether oxygens (including phenoxy) is 1. The second kappa shape index (κ2) is 8.31. The van der Waals surface area contributed by atoms with Gasteiger partial charge >= 0.3 is 0 Å². The Morgan fingerprint density at radius 2 is 2.24 bits per heavy atom. The van der Waals surface area contributed by atoms with Crippen LogP contribution in [0.3, 0.4) is 0 Å². The third-order valence-corrected chi connectivity index (χ3v) is 4.42. The lowest BCUT2D eigenvalue weighted by atomic mass is 10.1. The van der Waals surface area contributed by atoms with Crippen molar-refractivity contribution in [3.8, 4) is 11.4 Å². The van der Waals surface area contributed by atoms with Gasteiger partial charge in [0, 0.05) is 43.8 Å². The summed E-state index contributed by atoms with van der Waals surface area (Å²) in [6.45, 7) is 3.11. The zero-order chi connectivity index (χ0) is 17.6.